The molecule has 6 nitrogen and oxygen atoms in total. The predicted octanol–water partition coefficient (Wildman–Crippen LogP) is 4.39. The number of rotatable bonds is 9. The number of nitrogens with zero attached hydrogens (tertiary/aromatic N) is 1. The lowest BCUT2D eigenvalue weighted by Crippen LogP contribution is -2.40. The van der Waals surface area contributed by atoms with Crippen LogP contribution in [0.5, 0.6) is 11.5 Å². The van der Waals surface area contributed by atoms with Gasteiger partial charge in [0.15, 0.2) is 11.5 Å². The van der Waals surface area contributed by atoms with Gasteiger partial charge in [0.2, 0.25) is 5.91 Å². The Kier molecular flexibility index (Phi) is 7.20. The Hall–Kier alpha value is -2.61. The summed E-state index contributed by atoms with van der Waals surface area (Å²) in [4.78, 5) is 14.5. The summed E-state index contributed by atoms with van der Waals surface area (Å²) in [7, 11) is -2.76. The molecule has 1 fully saturated rings. The van der Waals surface area contributed by atoms with E-state index in [1.165, 1.54) is 7.11 Å². The number of ether oxygens (including phenoxy) is 1. The third kappa shape index (κ3) is 5.76. The summed E-state index contributed by atoms with van der Waals surface area (Å²) in [5.41, 5.74) is 0.735. The second-order valence-corrected chi connectivity index (χ2v) is 9.76. The number of halogens is 1. The summed E-state index contributed by atoms with van der Waals surface area (Å²) in [6, 6.07) is 9.37. The Bertz CT molecular complexity index is 1020. The van der Waals surface area contributed by atoms with Gasteiger partial charge in [0, 0.05) is 19.0 Å². The second kappa shape index (κ2) is 9.68. The van der Waals surface area contributed by atoms with Crippen LogP contribution in [0.1, 0.15) is 38.7 Å². The second-order valence-electron chi connectivity index (χ2n) is 8.22. The average Bonchev–Trinajstić information content (AvgIpc) is 2.66. The van der Waals surface area contributed by atoms with Crippen molar-refractivity contribution in [3.05, 3.63) is 53.8 Å². The zero-order valence-electron chi connectivity index (χ0n) is 18.0. The van der Waals surface area contributed by atoms with Gasteiger partial charge in [-0.05, 0) is 60.7 Å². The van der Waals surface area contributed by atoms with Gasteiger partial charge in [-0.15, -0.1) is 0 Å². The molecular formula is C23H28FNO5S. The van der Waals surface area contributed by atoms with E-state index in [0.29, 0.717) is 19.0 Å². The molecule has 0 atom stereocenters. The molecule has 0 aliphatic heterocycles. The molecule has 168 valence electrons. The van der Waals surface area contributed by atoms with Crippen LogP contribution in [0.4, 0.5) is 4.39 Å². The van der Waals surface area contributed by atoms with Gasteiger partial charge in [0.05, 0.1) is 7.11 Å². The first-order valence-electron chi connectivity index (χ1n) is 10.4. The molecule has 8 heteroatoms. The number of carbonyl (C=O) groups is 1. The quantitative estimate of drug-likeness (QED) is 0.531. The molecule has 0 N–H and O–H groups in total. The van der Waals surface area contributed by atoms with Crippen molar-refractivity contribution in [2.75, 3.05) is 13.7 Å². The van der Waals surface area contributed by atoms with E-state index in [4.69, 9.17) is 8.92 Å². The van der Waals surface area contributed by atoms with Crippen LogP contribution < -0.4 is 8.92 Å². The van der Waals surface area contributed by atoms with Gasteiger partial charge in [-0.1, -0.05) is 26.3 Å². The third-order valence-corrected chi connectivity index (χ3v) is 6.50. The summed E-state index contributed by atoms with van der Waals surface area (Å²) in [6.45, 7) is 5.08. The van der Waals surface area contributed by atoms with E-state index in [-0.39, 0.29) is 28.2 Å². The fraction of sp³-hybridized carbons (Fsp3) is 0.435. The number of hydrogen-bond acceptors (Lipinski definition) is 5. The first-order chi connectivity index (χ1) is 14.7. The van der Waals surface area contributed by atoms with Crippen molar-refractivity contribution in [3.8, 4) is 11.5 Å². The monoisotopic (exact) mass is 449 g/mol. The topological polar surface area (TPSA) is 72.9 Å². The molecule has 1 amide bonds. The lowest BCUT2D eigenvalue weighted by atomic mass is 9.84. The summed E-state index contributed by atoms with van der Waals surface area (Å²) in [5.74, 6) is 0.237. The molecule has 1 saturated carbocycles. The molecular weight excluding hydrogens is 421 g/mol. The summed E-state index contributed by atoms with van der Waals surface area (Å²) in [5, 5.41) is 0. The molecule has 0 spiro atoms. The highest BCUT2D eigenvalue weighted by atomic mass is 32.2. The van der Waals surface area contributed by atoms with E-state index in [9.17, 15) is 17.6 Å². The fourth-order valence-corrected chi connectivity index (χ4v) is 4.39. The number of carbonyl (C=O) groups excluding carboxylic acids is 1. The smallest absolute Gasteiger partial charge is 0.339 e. The van der Waals surface area contributed by atoms with Gasteiger partial charge < -0.3 is 13.8 Å². The fourth-order valence-electron chi connectivity index (χ4n) is 3.46. The largest absolute Gasteiger partial charge is 0.493 e. The van der Waals surface area contributed by atoms with Crippen LogP contribution in [0, 0.1) is 17.7 Å². The van der Waals surface area contributed by atoms with Gasteiger partial charge in [-0.3, -0.25) is 4.79 Å². The standard InChI is InChI=1S/C23H28FNO5S/c1-16(2)14-25(23(26)18-5-4-6-18)15-17-7-12-21(29-3)22(13-17)30-31(27,28)20-10-8-19(24)9-11-20/h7-13,16,18H,4-6,14-15H2,1-3H3. The van der Waals surface area contributed by atoms with Crippen LogP contribution >= 0.6 is 0 Å². The normalized spacial score (nSPS) is 14.2. The summed E-state index contributed by atoms with van der Waals surface area (Å²) < 4.78 is 49.0. The minimum Gasteiger partial charge on any atom is -0.493 e. The van der Waals surface area contributed by atoms with Crippen molar-refractivity contribution in [1.29, 1.82) is 0 Å². The Morgan fingerprint density at radius 2 is 1.81 bits per heavy atom. The summed E-state index contributed by atoms with van der Waals surface area (Å²) >= 11 is 0. The van der Waals surface area contributed by atoms with Crippen LogP contribution in [-0.2, 0) is 21.5 Å². The summed E-state index contributed by atoms with van der Waals surface area (Å²) in [6.07, 6.45) is 2.91. The first kappa shape index (κ1) is 23.1. The van der Waals surface area contributed by atoms with E-state index < -0.39 is 15.9 Å². The van der Waals surface area contributed by atoms with E-state index in [1.807, 2.05) is 4.90 Å². The Morgan fingerprint density at radius 3 is 2.35 bits per heavy atom. The minimum atomic E-state index is -4.18. The van der Waals surface area contributed by atoms with Gasteiger partial charge >= 0.3 is 10.1 Å². The number of hydrogen-bond donors (Lipinski definition) is 0. The number of benzene rings is 2. The molecule has 0 bridgehead atoms. The van der Waals surface area contributed by atoms with Crippen molar-refractivity contribution in [2.45, 2.75) is 44.6 Å². The van der Waals surface area contributed by atoms with E-state index in [2.05, 4.69) is 13.8 Å². The van der Waals surface area contributed by atoms with Crippen LogP contribution in [0.2, 0.25) is 0 Å². The SMILES string of the molecule is COc1ccc(CN(CC(C)C)C(=O)C2CCC2)cc1OS(=O)(=O)c1ccc(F)cc1. The number of methoxy groups -OCH3 is 1. The maximum absolute atomic E-state index is 13.1. The molecule has 1 aliphatic rings. The highest BCUT2D eigenvalue weighted by Gasteiger charge is 2.30. The molecule has 2 aromatic rings. The van der Waals surface area contributed by atoms with Gasteiger partial charge in [0.1, 0.15) is 10.7 Å². The zero-order valence-corrected chi connectivity index (χ0v) is 18.8. The Labute approximate surface area is 183 Å². The van der Waals surface area contributed by atoms with Crippen molar-refractivity contribution in [1.82, 2.24) is 4.90 Å². The highest BCUT2D eigenvalue weighted by Crippen LogP contribution is 2.33. The van der Waals surface area contributed by atoms with Crippen molar-refractivity contribution in [2.24, 2.45) is 11.8 Å². The predicted molar refractivity (Wildman–Crippen MR) is 115 cm³/mol. The molecule has 0 saturated heterocycles. The Balaban J connectivity index is 1.85. The molecule has 2 aromatic carbocycles. The third-order valence-electron chi connectivity index (χ3n) is 5.25. The van der Waals surface area contributed by atoms with Crippen LogP contribution in [0.15, 0.2) is 47.4 Å². The zero-order chi connectivity index (χ0) is 22.6. The minimum absolute atomic E-state index is 0.0184. The van der Waals surface area contributed by atoms with Crippen LogP contribution in [0.3, 0.4) is 0 Å². The molecule has 1 aliphatic carbocycles. The van der Waals surface area contributed by atoms with Crippen molar-refractivity contribution >= 4 is 16.0 Å². The first-order valence-corrected chi connectivity index (χ1v) is 11.8. The lowest BCUT2D eigenvalue weighted by molar-refractivity contribution is -0.139. The highest BCUT2D eigenvalue weighted by molar-refractivity contribution is 7.87. The molecule has 3 rings (SSSR count). The van der Waals surface area contributed by atoms with Gasteiger partial charge in [-0.25, -0.2) is 4.39 Å². The van der Waals surface area contributed by atoms with E-state index in [1.54, 1.807) is 18.2 Å². The van der Waals surface area contributed by atoms with Gasteiger partial charge in [-0.2, -0.15) is 8.42 Å². The molecule has 0 heterocycles. The van der Waals surface area contributed by atoms with Crippen LogP contribution in [-0.4, -0.2) is 32.9 Å². The maximum atomic E-state index is 13.1. The van der Waals surface area contributed by atoms with Crippen LogP contribution in [0.25, 0.3) is 0 Å². The molecule has 31 heavy (non-hydrogen) atoms. The van der Waals surface area contributed by atoms with Crippen molar-refractivity contribution in [3.63, 3.8) is 0 Å². The Morgan fingerprint density at radius 1 is 1.13 bits per heavy atom. The van der Waals surface area contributed by atoms with E-state index >= 15 is 0 Å². The lowest BCUT2D eigenvalue weighted by Gasteiger charge is -2.33. The van der Waals surface area contributed by atoms with Crippen molar-refractivity contribution < 1.29 is 26.5 Å². The maximum Gasteiger partial charge on any atom is 0.339 e. The molecule has 0 unspecified atom stereocenters. The number of amides is 1. The van der Waals surface area contributed by atoms with Gasteiger partial charge in [0.25, 0.3) is 0 Å². The average molecular weight is 450 g/mol. The molecule has 0 aromatic heterocycles. The molecule has 0 radical (unpaired) electrons. The van der Waals surface area contributed by atoms with E-state index in [0.717, 1.165) is 49.1 Å².